The lowest BCUT2D eigenvalue weighted by Gasteiger charge is -2.09. The van der Waals surface area contributed by atoms with E-state index in [9.17, 15) is 9.59 Å². The molecular formula is C13H16O3S. The van der Waals surface area contributed by atoms with Crippen molar-refractivity contribution in [3.63, 3.8) is 0 Å². The van der Waals surface area contributed by atoms with Crippen molar-refractivity contribution >= 4 is 23.5 Å². The molecule has 0 aliphatic carbocycles. The lowest BCUT2D eigenvalue weighted by Crippen LogP contribution is -2.11. The predicted octanol–water partition coefficient (Wildman–Crippen LogP) is 3.09. The highest BCUT2D eigenvalue weighted by atomic mass is 32.2. The Kier molecular flexibility index (Phi) is 5.22. The Morgan fingerprint density at radius 2 is 1.94 bits per heavy atom. The zero-order valence-corrected chi connectivity index (χ0v) is 10.8. The zero-order valence-electron chi connectivity index (χ0n) is 9.97. The molecule has 0 saturated carbocycles. The number of ketones is 1. The highest BCUT2D eigenvalue weighted by Gasteiger charge is 2.16. The number of rotatable bonds is 6. The first-order chi connectivity index (χ1) is 8.04. The number of carbonyl (C=O) groups is 2. The molecule has 1 aromatic rings. The molecule has 0 aliphatic heterocycles. The average Bonchev–Trinajstić information content (AvgIpc) is 2.27. The summed E-state index contributed by atoms with van der Waals surface area (Å²) < 4.78 is 0. The number of hydrogen-bond donors (Lipinski definition) is 1. The topological polar surface area (TPSA) is 54.4 Å². The fourth-order valence-corrected chi connectivity index (χ4v) is 2.29. The van der Waals surface area contributed by atoms with Crippen LogP contribution in [-0.4, -0.2) is 23.1 Å². The molecule has 17 heavy (non-hydrogen) atoms. The van der Waals surface area contributed by atoms with Crippen LogP contribution in [-0.2, 0) is 4.79 Å². The van der Waals surface area contributed by atoms with Gasteiger partial charge in [-0.3, -0.25) is 9.59 Å². The molecule has 4 heteroatoms. The van der Waals surface area contributed by atoms with Crippen molar-refractivity contribution in [3.8, 4) is 0 Å². The largest absolute Gasteiger partial charge is 0.481 e. The van der Waals surface area contributed by atoms with E-state index in [0.29, 0.717) is 5.56 Å². The monoisotopic (exact) mass is 252 g/mol. The van der Waals surface area contributed by atoms with Gasteiger partial charge in [0.25, 0.3) is 0 Å². The number of aliphatic carboxylic acids is 1. The summed E-state index contributed by atoms with van der Waals surface area (Å²) in [6.45, 7) is 1.79. The van der Waals surface area contributed by atoms with Crippen LogP contribution < -0.4 is 0 Å². The smallest absolute Gasteiger partial charge is 0.303 e. The maximum atomic E-state index is 12.0. The quantitative estimate of drug-likeness (QED) is 0.624. The third kappa shape index (κ3) is 4.23. The van der Waals surface area contributed by atoms with E-state index in [4.69, 9.17) is 5.11 Å². The number of thioether (sulfide) groups is 1. The highest BCUT2D eigenvalue weighted by molar-refractivity contribution is 7.98. The fraction of sp³-hybridized carbons (Fsp3) is 0.385. The lowest BCUT2D eigenvalue weighted by atomic mass is 9.97. The van der Waals surface area contributed by atoms with E-state index in [0.717, 1.165) is 4.90 Å². The summed E-state index contributed by atoms with van der Waals surface area (Å²) in [5.74, 6) is -0.970. The van der Waals surface area contributed by atoms with Crippen LogP contribution in [0.2, 0.25) is 0 Å². The minimum absolute atomic E-state index is 0.0173. The molecule has 0 fully saturated rings. The van der Waals surface area contributed by atoms with E-state index in [1.54, 1.807) is 13.0 Å². The number of carboxylic acids is 1. The number of Topliss-reactive ketones (excluding diaryl/α,β-unsaturated/α-hetero) is 1. The Morgan fingerprint density at radius 3 is 2.53 bits per heavy atom. The zero-order chi connectivity index (χ0) is 12.8. The van der Waals surface area contributed by atoms with Crippen LogP contribution in [0.15, 0.2) is 29.2 Å². The summed E-state index contributed by atoms with van der Waals surface area (Å²) in [7, 11) is 0. The predicted molar refractivity (Wildman–Crippen MR) is 68.6 cm³/mol. The van der Waals surface area contributed by atoms with Gasteiger partial charge in [-0.25, -0.2) is 0 Å². The molecule has 1 aromatic carbocycles. The second kappa shape index (κ2) is 6.45. The molecule has 0 radical (unpaired) electrons. The minimum atomic E-state index is -0.858. The molecule has 0 bridgehead atoms. The van der Waals surface area contributed by atoms with Crippen LogP contribution in [0.3, 0.4) is 0 Å². The van der Waals surface area contributed by atoms with Gasteiger partial charge in [-0.05, 0) is 18.2 Å². The average molecular weight is 252 g/mol. The van der Waals surface area contributed by atoms with E-state index in [-0.39, 0.29) is 24.5 Å². The van der Waals surface area contributed by atoms with Gasteiger partial charge in [0.2, 0.25) is 0 Å². The Labute approximate surface area is 105 Å². The molecule has 1 rings (SSSR count). The standard InChI is InChI=1S/C13H16O3S/c1-9(8-13(15)16)7-11(14)10-5-3-4-6-12(10)17-2/h3-6,9H,7-8H2,1-2H3,(H,15,16). The fourth-order valence-electron chi connectivity index (χ4n) is 1.67. The lowest BCUT2D eigenvalue weighted by molar-refractivity contribution is -0.137. The summed E-state index contributed by atoms with van der Waals surface area (Å²) >= 11 is 1.53. The summed E-state index contributed by atoms with van der Waals surface area (Å²) in [5, 5.41) is 8.65. The van der Waals surface area contributed by atoms with Crippen LogP contribution in [0, 0.1) is 5.92 Å². The van der Waals surface area contributed by atoms with Crippen molar-refractivity contribution < 1.29 is 14.7 Å². The summed E-state index contributed by atoms with van der Waals surface area (Å²) in [6.07, 6.45) is 2.24. The Bertz CT molecular complexity index is 415. The molecule has 1 unspecified atom stereocenters. The maximum Gasteiger partial charge on any atom is 0.303 e. The Hall–Kier alpha value is -1.29. The van der Waals surface area contributed by atoms with E-state index in [1.165, 1.54) is 11.8 Å². The van der Waals surface area contributed by atoms with Gasteiger partial charge in [0.05, 0.1) is 0 Å². The van der Waals surface area contributed by atoms with Crippen molar-refractivity contribution in [2.24, 2.45) is 5.92 Å². The van der Waals surface area contributed by atoms with Crippen LogP contribution in [0.4, 0.5) is 0 Å². The van der Waals surface area contributed by atoms with E-state index in [2.05, 4.69) is 0 Å². The normalized spacial score (nSPS) is 12.1. The molecular weight excluding hydrogens is 236 g/mol. The van der Waals surface area contributed by atoms with Crippen LogP contribution in [0.25, 0.3) is 0 Å². The van der Waals surface area contributed by atoms with Crippen molar-refractivity contribution in [1.82, 2.24) is 0 Å². The van der Waals surface area contributed by atoms with Crippen LogP contribution in [0.1, 0.15) is 30.1 Å². The van der Waals surface area contributed by atoms with Crippen LogP contribution in [0.5, 0.6) is 0 Å². The second-order valence-corrected chi connectivity index (χ2v) is 4.88. The molecule has 0 spiro atoms. The van der Waals surface area contributed by atoms with Gasteiger partial charge in [0, 0.05) is 23.3 Å². The molecule has 1 N–H and O–H groups in total. The molecule has 1 atom stereocenters. The van der Waals surface area contributed by atoms with Crippen LogP contribution >= 0.6 is 11.8 Å². The van der Waals surface area contributed by atoms with Crippen molar-refractivity contribution in [1.29, 1.82) is 0 Å². The Morgan fingerprint density at radius 1 is 1.29 bits per heavy atom. The number of carbonyl (C=O) groups excluding carboxylic acids is 1. The summed E-state index contributed by atoms with van der Waals surface area (Å²) in [4.78, 5) is 23.5. The highest BCUT2D eigenvalue weighted by Crippen LogP contribution is 2.23. The molecule has 3 nitrogen and oxygen atoms in total. The molecule has 0 saturated heterocycles. The van der Waals surface area contributed by atoms with Crippen molar-refractivity contribution in [2.75, 3.05) is 6.26 Å². The number of hydrogen-bond acceptors (Lipinski definition) is 3. The van der Waals surface area contributed by atoms with E-state index in [1.807, 2.05) is 24.5 Å². The second-order valence-electron chi connectivity index (χ2n) is 4.03. The van der Waals surface area contributed by atoms with Gasteiger partial charge < -0.3 is 5.11 Å². The Balaban J connectivity index is 2.72. The molecule has 0 aromatic heterocycles. The summed E-state index contributed by atoms with van der Waals surface area (Å²) in [6, 6.07) is 7.42. The first-order valence-corrected chi connectivity index (χ1v) is 6.65. The molecule has 0 amide bonds. The van der Waals surface area contributed by atoms with Gasteiger partial charge in [-0.1, -0.05) is 25.1 Å². The third-order valence-corrected chi connectivity index (χ3v) is 3.26. The van der Waals surface area contributed by atoms with Crippen molar-refractivity contribution in [3.05, 3.63) is 29.8 Å². The van der Waals surface area contributed by atoms with Gasteiger partial charge in [0.1, 0.15) is 0 Å². The number of carboxylic acid groups (broad SMARTS) is 1. The first kappa shape index (κ1) is 13.8. The molecule has 0 aliphatic rings. The minimum Gasteiger partial charge on any atom is -0.481 e. The van der Waals surface area contributed by atoms with Crippen molar-refractivity contribution in [2.45, 2.75) is 24.7 Å². The first-order valence-electron chi connectivity index (χ1n) is 5.42. The van der Waals surface area contributed by atoms with E-state index < -0.39 is 5.97 Å². The van der Waals surface area contributed by atoms with Gasteiger partial charge in [-0.2, -0.15) is 0 Å². The van der Waals surface area contributed by atoms with E-state index >= 15 is 0 Å². The molecule has 92 valence electrons. The number of benzene rings is 1. The summed E-state index contributed by atoms with van der Waals surface area (Å²) in [5.41, 5.74) is 0.692. The third-order valence-electron chi connectivity index (χ3n) is 2.46. The molecule has 0 heterocycles. The maximum absolute atomic E-state index is 12.0. The van der Waals surface area contributed by atoms with Gasteiger partial charge in [-0.15, -0.1) is 11.8 Å². The van der Waals surface area contributed by atoms with Gasteiger partial charge in [0.15, 0.2) is 5.78 Å². The SMILES string of the molecule is CSc1ccccc1C(=O)CC(C)CC(=O)O. The van der Waals surface area contributed by atoms with Gasteiger partial charge >= 0.3 is 5.97 Å².